The van der Waals surface area contributed by atoms with Crippen LogP contribution in [0.1, 0.15) is 37.3 Å². The molecule has 128 valence electrons. The molecule has 0 spiro atoms. The van der Waals surface area contributed by atoms with Gasteiger partial charge in [-0.05, 0) is 49.6 Å². The first-order valence-corrected chi connectivity index (χ1v) is 8.78. The van der Waals surface area contributed by atoms with E-state index in [1.807, 2.05) is 42.7 Å². The van der Waals surface area contributed by atoms with Gasteiger partial charge >= 0.3 is 0 Å². The predicted octanol–water partition coefficient (Wildman–Crippen LogP) is 4.09. The summed E-state index contributed by atoms with van der Waals surface area (Å²) in [5, 5.41) is 0. The van der Waals surface area contributed by atoms with Gasteiger partial charge in [0.1, 0.15) is 0 Å². The number of ether oxygens (including phenoxy) is 2. The number of aromatic nitrogens is 1. The molecule has 1 aromatic carbocycles. The van der Waals surface area contributed by atoms with Crippen molar-refractivity contribution in [2.75, 3.05) is 26.8 Å². The van der Waals surface area contributed by atoms with Crippen LogP contribution in [0.2, 0.25) is 0 Å². The van der Waals surface area contributed by atoms with Crippen molar-refractivity contribution in [1.29, 1.82) is 0 Å². The first kappa shape index (κ1) is 16.8. The Kier molecular flexibility index (Phi) is 6.07. The Hall–Kier alpha value is -2.07. The molecule has 0 aliphatic carbocycles. The van der Waals surface area contributed by atoms with Crippen LogP contribution in [-0.4, -0.2) is 36.7 Å². The van der Waals surface area contributed by atoms with Crippen LogP contribution in [0.4, 0.5) is 0 Å². The summed E-state index contributed by atoms with van der Waals surface area (Å²) >= 11 is 0. The number of nitrogens with zero attached hydrogens (tertiary/aromatic N) is 2. The van der Waals surface area contributed by atoms with E-state index in [0.29, 0.717) is 12.6 Å². The number of benzene rings is 1. The second-order valence-electron chi connectivity index (χ2n) is 6.19. The van der Waals surface area contributed by atoms with Crippen LogP contribution in [0.3, 0.4) is 0 Å². The maximum Gasteiger partial charge on any atom is 0.161 e. The average Bonchev–Trinajstić information content (AvgIpc) is 2.66. The van der Waals surface area contributed by atoms with Gasteiger partial charge in [0.2, 0.25) is 0 Å². The van der Waals surface area contributed by atoms with Crippen LogP contribution in [0, 0.1) is 0 Å². The minimum atomic E-state index is 0.499. The number of para-hydroxylation sites is 2. The van der Waals surface area contributed by atoms with Crippen molar-refractivity contribution < 1.29 is 9.47 Å². The standard InChI is InChI=1S/C20H26N2O2/c1-23-19-10-2-3-11-20(19)24-15-7-14-22-13-5-4-9-18(22)17-8-6-12-21-16-17/h2-3,6,8,10-12,16,18H,4-5,7,9,13-15H2,1H3. The van der Waals surface area contributed by atoms with Crippen LogP contribution in [-0.2, 0) is 0 Å². The maximum atomic E-state index is 5.90. The van der Waals surface area contributed by atoms with E-state index in [-0.39, 0.29) is 0 Å². The Labute approximate surface area is 144 Å². The van der Waals surface area contributed by atoms with E-state index in [0.717, 1.165) is 31.0 Å². The zero-order chi connectivity index (χ0) is 16.6. The lowest BCUT2D eigenvalue weighted by Gasteiger charge is -2.35. The summed E-state index contributed by atoms with van der Waals surface area (Å²) in [6.07, 6.45) is 8.66. The summed E-state index contributed by atoms with van der Waals surface area (Å²) < 4.78 is 11.2. The van der Waals surface area contributed by atoms with Crippen LogP contribution in [0.25, 0.3) is 0 Å². The number of hydrogen-bond acceptors (Lipinski definition) is 4. The van der Waals surface area contributed by atoms with Gasteiger partial charge in [0.15, 0.2) is 11.5 Å². The summed E-state index contributed by atoms with van der Waals surface area (Å²) in [7, 11) is 1.68. The molecule has 1 saturated heterocycles. The molecule has 1 aromatic heterocycles. The van der Waals surface area contributed by atoms with Crippen molar-refractivity contribution in [2.45, 2.75) is 31.7 Å². The first-order valence-electron chi connectivity index (χ1n) is 8.78. The number of likely N-dealkylation sites (tertiary alicyclic amines) is 1. The molecule has 1 unspecified atom stereocenters. The monoisotopic (exact) mass is 326 g/mol. The predicted molar refractivity (Wildman–Crippen MR) is 95.5 cm³/mol. The highest BCUT2D eigenvalue weighted by atomic mass is 16.5. The van der Waals surface area contributed by atoms with E-state index in [1.54, 1.807) is 7.11 Å². The number of piperidine rings is 1. The zero-order valence-electron chi connectivity index (χ0n) is 14.4. The Morgan fingerprint density at radius 2 is 2.00 bits per heavy atom. The fourth-order valence-electron chi connectivity index (χ4n) is 3.40. The highest BCUT2D eigenvalue weighted by Crippen LogP contribution is 2.30. The van der Waals surface area contributed by atoms with Gasteiger partial charge in [-0.15, -0.1) is 0 Å². The molecule has 3 rings (SSSR count). The lowest BCUT2D eigenvalue weighted by molar-refractivity contribution is 0.137. The fourth-order valence-corrected chi connectivity index (χ4v) is 3.40. The van der Waals surface area contributed by atoms with Gasteiger partial charge in [0, 0.05) is 25.0 Å². The number of pyridine rings is 1. The van der Waals surface area contributed by atoms with E-state index in [9.17, 15) is 0 Å². The number of hydrogen-bond donors (Lipinski definition) is 0. The highest BCUT2D eigenvalue weighted by molar-refractivity contribution is 5.39. The van der Waals surface area contributed by atoms with E-state index in [4.69, 9.17) is 9.47 Å². The third-order valence-corrected chi connectivity index (χ3v) is 4.60. The molecule has 0 bridgehead atoms. The quantitative estimate of drug-likeness (QED) is 0.718. The molecule has 0 N–H and O–H groups in total. The summed E-state index contributed by atoms with van der Waals surface area (Å²) in [5.41, 5.74) is 1.34. The van der Waals surface area contributed by atoms with Crippen molar-refractivity contribution in [3.05, 3.63) is 54.4 Å². The molecule has 2 heterocycles. The molecular weight excluding hydrogens is 300 g/mol. The van der Waals surface area contributed by atoms with E-state index >= 15 is 0 Å². The molecule has 24 heavy (non-hydrogen) atoms. The van der Waals surface area contributed by atoms with Gasteiger partial charge in [-0.2, -0.15) is 0 Å². The Bertz CT molecular complexity index is 618. The van der Waals surface area contributed by atoms with Crippen molar-refractivity contribution in [3.8, 4) is 11.5 Å². The van der Waals surface area contributed by atoms with Gasteiger partial charge < -0.3 is 9.47 Å². The van der Waals surface area contributed by atoms with Crippen LogP contribution in [0.5, 0.6) is 11.5 Å². The molecule has 1 atom stereocenters. The summed E-state index contributed by atoms with van der Waals surface area (Å²) in [6, 6.07) is 12.5. The van der Waals surface area contributed by atoms with Gasteiger partial charge in [0.25, 0.3) is 0 Å². The van der Waals surface area contributed by atoms with Crippen molar-refractivity contribution >= 4 is 0 Å². The Morgan fingerprint density at radius 3 is 2.79 bits per heavy atom. The molecule has 4 nitrogen and oxygen atoms in total. The van der Waals surface area contributed by atoms with E-state index in [2.05, 4.69) is 16.0 Å². The molecule has 1 aliphatic rings. The van der Waals surface area contributed by atoms with Gasteiger partial charge in [0.05, 0.1) is 13.7 Å². The Morgan fingerprint density at radius 1 is 1.12 bits per heavy atom. The van der Waals surface area contributed by atoms with Crippen LogP contribution < -0.4 is 9.47 Å². The molecule has 0 amide bonds. The molecule has 0 saturated carbocycles. The molecule has 1 aliphatic heterocycles. The Balaban J connectivity index is 1.51. The second kappa shape index (κ2) is 8.69. The van der Waals surface area contributed by atoms with E-state index < -0.39 is 0 Å². The van der Waals surface area contributed by atoms with Crippen molar-refractivity contribution in [2.24, 2.45) is 0 Å². The molecule has 4 heteroatoms. The van der Waals surface area contributed by atoms with Gasteiger partial charge in [-0.25, -0.2) is 0 Å². The lowest BCUT2D eigenvalue weighted by atomic mass is 9.96. The molecule has 0 radical (unpaired) electrons. The minimum Gasteiger partial charge on any atom is -0.493 e. The van der Waals surface area contributed by atoms with Gasteiger partial charge in [-0.1, -0.05) is 24.6 Å². The normalized spacial score (nSPS) is 18.3. The molecule has 1 fully saturated rings. The minimum absolute atomic E-state index is 0.499. The number of methoxy groups -OCH3 is 1. The first-order chi connectivity index (χ1) is 11.9. The van der Waals surface area contributed by atoms with Crippen molar-refractivity contribution in [3.63, 3.8) is 0 Å². The smallest absolute Gasteiger partial charge is 0.161 e. The topological polar surface area (TPSA) is 34.6 Å². The van der Waals surface area contributed by atoms with E-state index in [1.165, 1.54) is 24.8 Å². The summed E-state index contributed by atoms with van der Waals surface area (Å²) in [5.74, 6) is 1.62. The highest BCUT2D eigenvalue weighted by Gasteiger charge is 2.23. The summed E-state index contributed by atoms with van der Waals surface area (Å²) in [6.45, 7) is 2.92. The van der Waals surface area contributed by atoms with Crippen LogP contribution in [0.15, 0.2) is 48.8 Å². The zero-order valence-corrected chi connectivity index (χ0v) is 14.4. The SMILES string of the molecule is COc1ccccc1OCCCN1CCCCC1c1cccnc1. The lowest BCUT2D eigenvalue weighted by Crippen LogP contribution is -2.34. The second-order valence-corrected chi connectivity index (χ2v) is 6.19. The largest absolute Gasteiger partial charge is 0.493 e. The van der Waals surface area contributed by atoms with Crippen LogP contribution >= 0.6 is 0 Å². The summed E-state index contributed by atoms with van der Waals surface area (Å²) in [4.78, 5) is 6.86. The molecular formula is C20H26N2O2. The third-order valence-electron chi connectivity index (χ3n) is 4.60. The van der Waals surface area contributed by atoms with Crippen molar-refractivity contribution in [1.82, 2.24) is 9.88 Å². The fraction of sp³-hybridized carbons (Fsp3) is 0.450. The molecule has 2 aromatic rings. The van der Waals surface area contributed by atoms with Gasteiger partial charge in [-0.3, -0.25) is 9.88 Å². The average molecular weight is 326 g/mol. The third kappa shape index (κ3) is 4.26. The maximum absolute atomic E-state index is 5.90. The number of rotatable bonds is 7.